The highest BCUT2D eigenvalue weighted by molar-refractivity contribution is 5.56. The lowest BCUT2D eigenvalue weighted by Gasteiger charge is -2.51. The van der Waals surface area contributed by atoms with Gasteiger partial charge in [-0.2, -0.15) is 0 Å². The van der Waals surface area contributed by atoms with E-state index in [9.17, 15) is 10.2 Å². The maximum Gasteiger partial charge on any atom is 0.119 e. The van der Waals surface area contributed by atoms with E-state index in [0.717, 1.165) is 25.2 Å². The van der Waals surface area contributed by atoms with E-state index in [1.807, 2.05) is 0 Å². The number of rotatable bonds is 0. The number of phenolic OH excluding ortho intramolecular Hbond substituents is 1. The molecule has 0 aliphatic heterocycles. The molecule has 0 radical (unpaired) electrons. The van der Waals surface area contributed by atoms with Gasteiger partial charge in [-0.1, -0.05) is 6.92 Å². The molecule has 118 valence electrons. The van der Waals surface area contributed by atoms with Crippen LogP contribution >= 0.6 is 0 Å². The molecule has 0 heterocycles. The molecule has 1 aromatic carbocycles. The van der Waals surface area contributed by atoms with Crippen LogP contribution < -0.4 is 0 Å². The third-order valence-corrected chi connectivity index (χ3v) is 7.79. The van der Waals surface area contributed by atoms with Gasteiger partial charge in [0, 0.05) is 0 Å². The van der Waals surface area contributed by atoms with E-state index in [4.69, 9.17) is 0 Å². The molecule has 1 aromatic rings. The van der Waals surface area contributed by atoms with Crippen LogP contribution in [0.2, 0.25) is 0 Å². The molecule has 2 N–H and O–H groups in total. The Labute approximate surface area is 132 Å². The molecule has 4 aliphatic rings. The minimum atomic E-state index is -0.0809. The quantitative estimate of drug-likeness (QED) is 0.766. The van der Waals surface area contributed by atoms with Gasteiger partial charge in [-0.15, -0.1) is 0 Å². The third kappa shape index (κ3) is 1.50. The van der Waals surface area contributed by atoms with Gasteiger partial charge in [0.2, 0.25) is 0 Å². The van der Waals surface area contributed by atoms with Crippen molar-refractivity contribution in [3.05, 3.63) is 28.3 Å². The number of aromatic hydroxyl groups is 1. The van der Waals surface area contributed by atoms with Crippen LogP contribution in [0.1, 0.15) is 67.2 Å². The molecule has 0 aromatic heterocycles. The van der Waals surface area contributed by atoms with Crippen molar-refractivity contribution >= 4 is 0 Å². The summed E-state index contributed by atoms with van der Waals surface area (Å²) in [5.74, 6) is 2.72. The summed E-state index contributed by atoms with van der Waals surface area (Å²) in [6.07, 6.45) is 9.16. The number of aliphatic hydroxyl groups excluding tert-OH is 1. The van der Waals surface area contributed by atoms with E-state index in [2.05, 4.69) is 13.0 Å². The Morgan fingerprint density at radius 1 is 1.05 bits per heavy atom. The average Bonchev–Trinajstić information content (AvgIpc) is 2.75. The number of hydrogen-bond acceptors (Lipinski definition) is 2. The topological polar surface area (TPSA) is 40.5 Å². The zero-order chi connectivity index (χ0) is 15.1. The van der Waals surface area contributed by atoms with E-state index in [1.165, 1.54) is 48.8 Å². The number of phenols is 1. The normalized spacial score (nSPS) is 41.9. The number of fused-ring (bicyclic) bond motifs is 7. The molecule has 2 saturated carbocycles. The molecule has 0 amide bonds. The van der Waals surface area contributed by atoms with Crippen molar-refractivity contribution in [3.63, 3.8) is 0 Å². The van der Waals surface area contributed by atoms with Gasteiger partial charge in [-0.25, -0.2) is 0 Å². The number of aliphatic hydroxyl groups is 1. The zero-order valence-electron chi connectivity index (χ0n) is 13.4. The highest BCUT2D eigenvalue weighted by Gasteiger charge is 2.54. The first-order valence-corrected chi connectivity index (χ1v) is 9.14. The molecule has 2 heteroatoms. The Morgan fingerprint density at radius 3 is 2.64 bits per heavy atom. The third-order valence-electron chi connectivity index (χ3n) is 7.79. The van der Waals surface area contributed by atoms with Gasteiger partial charge in [-0.05, 0) is 103 Å². The van der Waals surface area contributed by atoms with Crippen molar-refractivity contribution in [1.82, 2.24) is 0 Å². The van der Waals surface area contributed by atoms with Gasteiger partial charge in [0.25, 0.3) is 0 Å². The summed E-state index contributed by atoms with van der Waals surface area (Å²) >= 11 is 0. The molecule has 0 saturated heterocycles. The zero-order valence-corrected chi connectivity index (χ0v) is 13.4. The summed E-state index contributed by atoms with van der Waals surface area (Å²) in [7, 11) is 0. The summed E-state index contributed by atoms with van der Waals surface area (Å²) in [4.78, 5) is 0. The highest BCUT2D eigenvalue weighted by Crippen LogP contribution is 2.62. The Balaban J connectivity index is 1.59. The summed E-state index contributed by atoms with van der Waals surface area (Å²) in [5.41, 5.74) is 5.95. The van der Waals surface area contributed by atoms with Gasteiger partial charge in [0.15, 0.2) is 0 Å². The second-order valence-corrected chi connectivity index (χ2v) is 8.48. The molecule has 2 fully saturated rings. The van der Waals surface area contributed by atoms with Crippen LogP contribution in [-0.2, 0) is 19.3 Å². The molecular weight excluding hydrogens is 272 g/mol. The van der Waals surface area contributed by atoms with Crippen LogP contribution in [0.4, 0.5) is 0 Å². The smallest absolute Gasteiger partial charge is 0.119 e. The fraction of sp³-hybridized carbons (Fsp3) is 0.700. The Bertz CT molecular complexity index is 650. The SMILES string of the molecule is C[C@]12CC[C@@H]3c4c(cc(O)c5c4CC5)CC[C@H]3[C@@H]1CC[C@@H]2O. The first-order valence-electron chi connectivity index (χ1n) is 9.14. The van der Waals surface area contributed by atoms with Crippen LogP contribution in [0.15, 0.2) is 6.07 Å². The average molecular weight is 298 g/mol. The van der Waals surface area contributed by atoms with E-state index in [-0.39, 0.29) is 11.5 Å². The molecule has 2 nitrogen and oxygen atoms in total. The van der Waals surface area contributed by atoms with Gasteiger partial charge in [-0.3, -0.25) is 0 Å². The molecule has 0 bridgehead atoms. The van der Waals surface area contributed by atoms with Crippen LogP contribution in [-0.4, -0.2) is 16.3 Å². The summed E-state index contributed by atoms with van der Waals surface area (Å²) in [5, 5.41) is 20.7. The van der Waals surface area contributed by atoms with Crippen LogP contribution in [0, 0.1) is 17.3 Å². The number of aryl methyl sites for hydroxylation is 1. The Hall–Kier alpha value is -1.02. The van der Waals surface area contributed by atoms with Crippen molar-refractivity contribution in [1.29, 1.82) is 0 Å². The van der Waals surface area contributed by atoms with Crippen LogP contribution in [0.5, 0.6) is 5.75 Å². The predicted molar refractivity (Wildman–Crippen MR) is 86.1 cm³/mol. The molecule has 22 heavy (non-hydrogen) atoms. The fourth-order valence-electron chi connectivity index (χ4n) is 6.49. The van der Waals surface area contributed by atoms with Crippen molar-refractivity contribution in [2.75, 3.05) is 0 Å². The lowest BCUT2D eigenvalue weighted by Crippen LogP contribution is -2.44. The molecule has 5 rings (SSSR count). The second-order valence-electron chi connectivity index (χ2n) is 8.48. The summed E-state index contributed by atoms with van der Waals surface area (Å²) < 4.78 is 0. The van der Waals surface area contributed by atoms with Gasteiger partial charge >= 0.3 is 0 Å². The van der Waals surface area contributed by atoms with Gasteiger partial charge in [0.05, 0.1) is 6.10 Å². The second kappa shape index (κ2) is 4.29. The molecule has 4 aliphatic carbocycles. The first kappa shape index (κ1) is 13.4. The van der Waals surface area contributed by atoms with E-state index in [0.29, 0.717) is 17.6 Å². The molecular formula is C20H26O2. The Morgan fingerprint density at radius 2 is 1.86 bits per heavy atom. The standard InChI is InChI=1S/C20H26O2/c1-20-9-8-15-12(16(20)6-7-18(20)22)3-2-11-10-17(21)13-4-5-14(13)19(11)15/h10,12,15-16,18,21-22H,2-9H2,1H3/t12-,15+,16+,18+,20+/m1/s1. The van der Waals surface area contributed by atoms with Crippen molar-refractivity contribution < 1.29 is 10.2 Å². The molecule has 0 spiro atoms. The van der Waals surface area contributed by atoms with Crippen LogP contribution in [0.3, 0.4) is 0 Å². The van der Waals surface area contributed by atoms with Gasteiger partial charge in [0.1, 0.15) is 5.75 Å². The van der Waals surface area contributed by atoms with E-state index >= 15 is 0 Å². The molecule has 0 unspecified atom stereocenters. The predicted octanol–water partition coefficient (Wildman–Crippen LogP) is 3.71. The summed E-state index contributed by atoms with van der Waals surface area (Å²) in [6, 6.07) is 2.07. The summed E-state index contributed by atoms with van der Waals surface area (Å²) in [6.45, 7) is 2.34. The van der Waals surface area contributed by atoms with Crippen molar-refractivity contribution in [2.24, 2.45) is 17.3 Å². The highest BCUT2D eigenvalue weighted by atomic mass is 16.3. The number of hydrogen-bond donors (Lipinski definition) is 2. The van der Waals surface area contributed by atoms with Crippen LogP contribution in [0.25, 0.3) is 0 Å². The lowest BCUT2D eigenvalue weighted by atomic mass is 9.54. The van der Waals surface area contributed by atoms with Crippen molar-refractivity contribution in [2.45, 2.75) is 70.3 Å². The maximum atomic E-state index is 10.5. The fourth-order valence-corrected chi connectivity index (χ4v) is 6.49. The van der Waals surface area contributed by atoms with Crippen molar-refractivity contribution in [3.8, 4) is 5.75 Å². The largest absolute Gasteiger partial charge is 0.508 e. The van der Waals surface area contributed by atoms with E-state index < -0.39 is 0 Å². The lowest BCUT2D eigenvalue weighted by molar-refractivity contribution is -0.0228. The molecule has 5 atom stereocenters. The minimum absolute atomic E-state index is 0.0809. The monoisotopic (exact) mass is 298 g/mol. The Kier molecular flexibility index (Phi) is 2.61. The minimum Gasteiger partial charge on any atom is -0.508 e. The number of benzene rings is 1. The first-order chi connectivity index (χ1) is 10.6. The van der Waals surface area contributed by atoms with E-state index in [1.54, 1.807) is 5.56 Å². The maximum absolute atomic E-state index is 10.5. The van der Waals surface area contributed by atoms with Gasteiger partial charge < -0.3 is 10.2 Å².